The Balaban J connectivity index is 1.76. The van der Waals surface area contributed by atoms with Crippen molar-refractivity contribution in [2.45, 2.75) is 70.9 Å². The maximum Gasteiger partial charge on any atom is 0.217 e. The molecule has 0 aromatic heterocycles. The van der Waals surface area contributed by atoms with Crippen molar-refractivity contribution < 1.29 is 28.2 Å². The fraction of sp³-hybridized carbons (Fsp3) is 0.500. The summed E-state index contributed by atoms with van der Waals surface area (Å²) in [5.41, 5.74) is 1.92. The van der Waals surface area contributed by atoms with Crippen molar-refractivity contribution in [3.8, 4) is 5.75 Å². The van der Waals surface area contributed by atoms with Crippen LogP contribution in [0.25, 0.3) is 0 Å². The van der Waals surface area contributed by atoms with E-state index in [1.807, 2.05) is 45.9 Å². The fourth-order valence-electron chi connectivity index (χ4n) is 4.28. The summed E-state index contributed by atoms with van der Waals surface area (Å²) in [6.45, 7) is 9.79. The van der Waals surface area contributed by atoms with Crippen molar-refractivity contribution in [2.24, 2.45) is 0 Å². The van der Waals surface area contributed by atoms with Crippen LogP contribution in [-0.2, 0) is 21.6 Å². The highest BCUT2D eigenvalue weighted by molar-refractivity contribution is 5.73. The Labute approximate surface area is 199 Å². The quantitative estimate of drug-likeness (QED) is 0.514. The summed E-state index contributed by atoms with van der Waals surface area (Å²) in [4.78, 5) is 11.7. The molecule has 1 heterocycles. The predicted molar refractivity (Wildman–Crippen MR) is 126 cm³/mol. The van der Waals surface area contributed by atoms with Gasteiger partial charge in [0, 0.05) is 19.5 Å². The zero-order valence-corrected chi connectivity index (χ0v) is 20.3. The molecule has 2 aromatic rings. The molecular weight excluding hydrogens is 442 g/mol. The molecule has 0 bridgehead atoms. The van der Waals surface area contributed by atoms with Gasteiger partial charge < -0.3 is 25.2 Å². The highest BCUT2D eigenvalue weighted by Crippen LogP contribution is 2.38. The fourth-order valence-corrected chi connectivity index (χ4v) is 4.28. The second-order valence-corrected chi connectivity index (χ2v) is 9.55. The van der Waals surface area contributed by atoms with E-state index in [1.165, 1.54) is 19.1 Å². The van der Waals surface area contributed by atoms with E-state index in [4.69, 9.17) is 9.47 Å². The monoisotopic (exact) mass is 476 g/mol. The molecule has 0 saturated carbocycles. The van der Waals surface area contributed by atoms with Crippen LogP contribution >= 0.6 is 0 Å². The smallest absolute Gasteiger partial charge is 0.217 e. The van der Waals surface area contributed by atoms with Gasteiger partial charge in [-0.3, -0.25) is 4.79 Å². The highest BCUT2D eigenvalue weighted by atomic mass is 19.1. The van der Waals surface area contributed by atoms with Crippen LogP contribution in [0.2, 0.25) is 0 Å². The number of aliphatic hydroxyl groups excluding tert-OH is 1. The van der Waals surface area contributed by atoms with E-state index in [-0.39, 0.29) is 31.0 Å². The van der Waals surface area contributed by atoms with Gasteiger partial charge in [-0.15, -0.1) is 0 Å². The van der Waals surface area contributed by atoms with Gasteiger partial charge in [0.2, 0.25) is 5.91 Å². The summed E-state index contributed by atoms with van der Waals surface area (Å²) >= 11 is 0. The number of carbonyl (C=O) groups is 1. The van der Waals surface area contributed by atoms with E-state index in [9.17, 15) is 18.7 Å². The summed E-state index contributed by atoms with van der Waals surface area (Å²) in [5.74, 6) is -1.00. The number of carbonyl (C=O) groups excluding carboxylic acids is 1. The molecule has 1 aliphatic rings. The lowest BCUT2D eigenvalue weighted by Gasteiger charge is -2.38. The Morgan fingerprint density at radius 3 is 2.50 bits per heavy atom. The van der Waals surface area contributed by atoms with Crippen LogP contribution in [0.1, 0.15) is 57.4 Å². The lowest BCUT2D eigenvalue weighted by Crippen LogP contribution is -2.49. The topological polar surface area (TPSA) is 79.8 Å². The van der Waals surface area contributed by atoms with Crippen LogP contribution in [0.15, 0.2) is 36.4 Å². The van der Waals surface area contributed by atoms with Crippen molar-refractivity contribution in [3.05, 3.63) is 64.7 Å². The molecule has 8 heteroatoms. The lowest BCUT2D eigenvalue weighted by atomic mass is 9.86. The maximum absolute atomic E-state index is 13.6. The number of hydrogen-bond donors (Lipinski definition) is 3. The normalized spacial score (nSPS) is 18.8. The molecule has 0 saturated heterocycles. The van der Waals surface area contributed by atoms with Crippen molar-refractivity contribution in [1.29, 1.82) is 0 Å². The first-order valence-corrected chi connectivity index (χ1v) is 11.5. The number of halogens is 2. The minimum absolute atomic E-state index is 0.0326. The molecule has 2 aromatic carbocycles. The van der Waals surface area contributed by atoms with E-state index in [0.717, 1.165) is 22.9 Å². The van der Waals surface area contributed by atoms with Gasteiger partial charge >= 0.3 is 0 Å². The van der Waals surface area contributed by atoms with E-state index < -0.39 is 29.4 Å². The number of rotatable bonds is 9. The van der Waals surface area contributed by atoms with Crippen LogP contribution in [-0.4, -0.2) is 42.4 Å². The van der Waals surface area contributed by atoms with Gasteiger partial charge in [0.15, 0.2) is 0 Å². The maximum atomic E-state index is 13.6. The predicted octanol–water partition coefficient (Wildman–Crippen LogP) is 3.76. The summed E-state index contributed by atoms with van der Waals surface area (Å²) in [7, 11) is 0. The number of aliphatic hydroxyl groups is 1. The SMILES string of the molecule is CC(=O)N[C@@H](Cc1cc(F)cc(F)c1)[C@@H](O)CNC1COC(C)(C)c2ccc(OC(C)C)cc21. The molecule has 3 rings (SSSR count). The molecule has 1 amide bonds. The van der Waals surface area contributed by atoms with Gasteiger partial charge in [-0.25, -0.2) is 8.78 Å². The van der Waals surface area contributed by atoms with Crippen LogP contribution < -0.4 is 15.4 Å². The van der Waals surface area contributed by atoms with Gasteiger partial charge in [0.25, 0.3) is 0 Å². The Hall–Kier alpha value is -2.55. The van der Waals surface area contributed by atoms with E-state index in [2.05, 4.69) is 10.6 Å². The third kappa shape index (κ3) is 6.74. The van der Waals surface area contributed by atoms with Gasteiger partial charge in [-0.2, -0.15) is 0 Å². The van der Waals surface area contributed by atoms with Gasteiger partial charge in [0.05, 0.1) is 36.5 Å². The molecule has 0 fully saturated rings. The van der Waals surface area contributed by atoms with Crippen LogP contribution in [0.5, 0.6) is 5.75 Å². The standard InChI is InChI=1S/C26H34F2N2O4/c1-15(2)34-20-6-7-22-21(12-20)24(14-33-26(22,4)5)29-13-25(32)23(30-16(3)31)10-17-8-18(27)11-19(28)9-17/h6-9,11-12,15,23-25,29,32H,10,13-14H2,1-5H3,(H,30,31)/t23-,24?,25-/m0/s1. The molecule has 3 atom stereocenters. The van der Waals surface area contributed by atoms with Crippen LogP contribution in [0, 0.1) is 11.6 Å². The summed E-state index contributed by atoms with van der Waals surface area (Å²) in [6, 6.07) is 8.14. The number of fused-ring (bicyclic) bond motifs is 1. The van der Waals surface area contributed by atoms with E-state index >= 15 is 0 Å². The Bertz CT molecular complexity index is 992. The second kappa shape index (κ2) is 10.8. The number of nitrogens with one attached hydrogen (secondary N) is 2. The highest BCUT2D eigenvalue weighted by Gasteiger charge is 2.34. The minimum Gasteiger partial charge on any atom is -0.491 e. The third-order valence-corrected chi connectivity index (χ3v) is 5.83. The number of amides is 1. The first kappa shape index (κ1) is 26.1. The molecule has 34 heavy (non-hydrogen) atoms. The average Bonchev–Trinajstić information content (AvgIpc) is 2.71. The molecule has 0 radical (unpaired) electrons. The molecule has 6 nitrogen and oxygen atoms in total. The van der Waals surface area contributed by atoms with Gasteiger partial charge in [-0.05, 0) is 75.1 Å². The zero-order chi connectivity index (χ0) is 25.0. The Morgan fingerprint density at radius 2 is 1.88 bits per heavy atom. The summed E-state index contributed by atoms with van der Waals surface area (Å²) in [5, 5.41) is 16.9. The molecule has 186 valence electrons. The molecule has 0 aliphatic carbocycles. The van der Waals surface area contributed by atoms with Crippen molar-refractivity contribution in [2.75, 3.05) is 13.2 Å². The molecule has 1 unspecified atom stereocenters. The average molecular weight is 477 g/mol. The lowest BCUT2D eigenvalue weighted by molar-refractivity contribution is -0.120. The largest absolute Gasteiger partial charge is 0.491 e. The number of benzene rings is 2. The van der Waals surface area contributed by atoms with Gasteiger partial charge in [0.1, 0.15) is 17.4 Å². The summed E-state index contributed by atoms with van der Waals surface area (Å²) in [6.07, 6.45) is -0.900. The Morgan fingerprint density at radius 1 is 1.21 bits per heavy atom. The zero-order valence-electron chi connectivity index (χ0n) is 20.3. The number of ether oxygens (including phenoxy) is 2. The third-order valence-electron chi connectivity index (χ3n) is 5.83. The van der Waals surface area contributed by atoms with Crippen LogP contribution in [0.3, 0.4) is 0 Å². The molecule has 3 N–H and O–H groups in total. The Kier molecular flexibility index (Phi) is 8.28. The first-order chi connectivity index (χ1) is 15.9. The van der Waals surface area contributed by atoms with Crippen molar-refractivity contribution in [1.82, 2.24) is 10.6 Å². The second-order valence-electron chi connectivity index (χ2n) is 9.55. The van der Waals surface area contributed by atoms with E-state index in [0.29, 0.717) is 12.2 Å². The molecule has 1 aliphatic heterocycles. The van der Waals surface area contributed by atoms with Crippen molar-refractivity contribution in [3.63, 3.8) is 0 Å². The minimum atomic E-state index is -1.01. The van der Waals surface area contributed by atoms with Crippen LogP contribution in [0.4, 0.5) is 8.78 Å². The first-order valence-electron chi connectivity index (χ1n) is 11.5. The van der Waals surface area contributed by atoms with E-state index in [1.54, 1.807) is 0 Å². The number of hydrogen-bond acceptors (Lipinski definition) is 5. The van der Waals surface area contributed by atoms with Gasteiger partial charge in [-0.1, -0.05) is 6.07 Å². The summed E-state index contributed by atoms with van der Waals surface area (Å²) < 4.78 is 39.2. The van der Waals surface area contributed by atoms with Crippen molar-refractivity contribution >= 4 is 5.91 Å². The molecular formula is C26H34F2N2O4. The molecule has 0 spiro atoms.